The second-order valence-electron chi connectivity index (χ2n) is 6.79. The minimum atomic E-state index is -0.648. The molecule has 1 aliphatic rings. The van der Waals surface area contributed by atoms with E-state index in [0.29, 0.717) is 17.0 Å². The zero-order valence-electron chi connectivity index (χ0n) is 14.5. The van der Waals surface area contributed by atoms with Crippen LogP contribution in [0, 0.1) is 5.82 Å². The topological polar surface area (TPSA) is 68.6 Å². The lowest BCUT2D eigenvalue weighted by molar-refractivity contribution is 0.100. The van der Waals surface area contributed by atoms with Gasteiger partial charge in [0, 0.05) is 12.6 Å². The van der Waals surface area contributed by atoms with Crippen LogP contribution in [0.5, 0.6) is 0 Å². The summed E-state index contributed by atoms with van der Waals surface area (Å²) in [4.78, 5) is 14.2. The summed E-state index contributed by atoms with van der Waals surface area (Å²) in [5, 5.41) is 4.51. The first-order valence-corrected chi connectivity index (χ1v) is 8.69. The number of carbonyl (C=O) groups excluding carboxylic acids is 1. The fourth-order valence-electron chi connectivity index (χ4n) is 4.07. The van der Waals surface area contributed by atoms with Gasteiger partial charge in [0.25, 0.3) is 5.91 Å². The number of likely N-dealkylation sites (tertiary alicyclic amines) is 1. The van der Waals surface area contributed by atoms with Gasteiger partial charge in [-0.05, 0) is 50.5 Å². The molecule has 1 fully saturated rings. The fraction of sp³-hybridized carbons (Fsp3) is 0.444. The van der Waals surface area contributed by atoms with Crippen LogP contribution in [0.2, 0.25) is 0 Å². The Bertz CT molecular complexity index is 965. The number of hydrogen-bond acceptors (Lipinski definition) is 3. The first kappa shape index (κ1) is 16.1. The highest BCUT2D eigenvalue weighted by Crippen LogP contribution is 2.34. The van der Waals surface area contributed by atoms with Crippen LogP contribution >= 0.6 is 0 Å². The molecule has 1 amide bonds. The summed E-state index contributed by atoms with van der Waals surface area (Å²) in [7, 11) is 1.88. The predicted molar refractivity (Wildman–Crippen MR) is 94.2 cm³/mol. The first-order chi connectivity index (χ1) is 12.0. The molecule has 1 aliphatic heterocycles. The highest BCUT2D eigenvalue weighted by atomic mass is 19.1. The van der Waals surface area contributed by atoms with Crippen LogP contribution in [-0.4, -0.2) is 44.6 Å². The van der Waals surface area contributed by atoms with Gasteiger partial charge in [-0.3, -0.25) is 4.79 Å². The van der Waals surface area contributed by atoms with Gasteiger partial charge in [0.2, 0.25) is 0 Å². The lowest BCUT2D eigenvalue weighted by atomic mass is 9.91. The lowest BCUT2D eigenvalue weighted by Crippen LogP contribution is -2.32. The lowest BCUT2D eigenvalue weighted by Gasteiger charge is -2.30. The van der Waals surface area contributed by atoms with Crippen molar-refractivity contribution in [3.05, 3.63) is 35.3 Å². The number of aryl methyl sites for hydroxylation is 1. The molecule has 3 aromatic rings. The van der Waals surface area contributed by atoms with Crippen molar-refractivity contribution in [1.82, 2.24) is 19.1 Å². The van der Waals surface area contributed by atoms with Crippen LogP contribution < -0.4 is 5.73 Å². The van der Waals surface area contributed by atoms with Crippen LogP contribution in [0.4, 0.5) is 4.39 Å². The van der Waals surface area contributed by atoms with Crippen LogP contribution in [0.3, 0.4) is 0 Å². The smallest absolute Gasteiger partial charge is 0.251 e. The quantitative estimate of drug-likeness (QED) is 0.793. The van der Waals surface area contributed by atoms with E-state index in [1.807, 2.05) is 17.8 Å². The number of benzene rings is 1. The average molecular weight is 343 g/mol. The zero-order chi connectivity index (χ0) is 17.7. The van der Waals surface area contributed by atoms with Gasteiger partial charge in [-0.2, -0.15) is 5.10 Å². The van der Waals surface area contributed by atoms with Crippen LogP contribution in [-0.2, 0) is 7.05 Å². The zero-order valence-corrected chi connectivity index (χ0v) is 14.5. The largest absolute Gasteiger partial charge is 0.366 e. The Morgan fingerprint density at radius 2 is 2.08 bits per heavy atom. The van der Waals surface area contributed by atoms with Gasteiger partial charge in [0.05, 0.1) is 17.3 Å². The molecule has 25 heavy (non-hydrogen) atoms. The van der Waals surface area contributed by atoms with Gasteiger partial charge >= 0.3 is 0 Å². The minimum Gasteiger partial charge on any atom is -0.366 e. The molecule has 2 N–H and O–H groups in total. The molecule has 0 radical (unpaired) electrons. The molecule has 2 aromatic heterocycles. The summed E-state index contributed by atoms with van der Waals surface area (Å²) in [6.45, 7) is 5.40. The maximum absolute atomic E-state index is 14.0. The number of imidazole rings is 1. The predicted octanol–water partition coefficient (Wildman–Crippen LogP) is 2.26. The maximum atomic E-state index is 14.0. The maximum Gasteiger partial charge on any atom is 0.251 e. The molecule has 1 saturated heterocycles. The Hall–Kier alpha value is -2.41. The number of piperidine rings is 1. The third-order valence-electron chi connectivity index (χ3n) is 5.46. The summed E-state index contributed by atoms with van der Waals surface area (Å²) in [5.41, 5.74) is 8.90. The number of aromatic nitrogens is 3. The van der Waals surface area contributed by atoms with Crippen molar-refractivity contribution < 1.29 is 9.18 Å². The van der Waals surface area contributed by atoms with E-state index in [4.69, 9.17) is 5.73 Å². The molecule has 0 bridgehead atoms. The first-order valence-electron chi connectivity index (χ1n) is 8.69. The Kier molecular flexibility index (Phi) is 3.76. The summed E-state index contributed by atoms with van der Waals surface area (Å²) in [6.07, 6.45) is 4.04. The molecule has 0 saturated carbocycles. The Balaban J connectivity index is 1.89. The fourth-order valence-corrected chi connectivity index (χ4v) is 4.07. The number of nitrogens with two attached hydrogens (primary N) is 1. The normalized spacial score (nSPS) is 16.9. The number of fused-ring (bicyclic) bond motifs is 3. The highest BCUT2D eigenvalue weighted by Gasteiger charge is 2.26. The van der Waals surface area contributed by atoms with Gasteiger partial charge in [-0.1, -0.05) is 6.92 Å². The van der Waals surface area contributed by atoms with E-state index >= 15 is 0 Å². The average Bonchev–Trinajstić information content (AvgIpc) is 3.15. The van der Waals surface area contributed by atoms with E-state index in [9.17, 15) is 9.18 Å². The second-order valence-corrected chi connectivity index (χ2v) is 6.79. The van der Waals surface area contributed by atoms with Crippen molar-refractivity contribution in [3.63, 3.8) is 0 Å². The van der Waals surface area contributed by atoms with E-state index in [2.05, 4.69) is 16.9 Å². The summed E-state index contributed by atoms with van der Waals surface area (Å²) >= 11 is 0. The van der Waals surface area contributed by atoms with E-state index in [1.54, 1.807) is 4.52 Å². The van der Waals surface area contributed by atoms with E-state index < -0.39 is 11.7 Å². The Morgan fingerprint density at radius 1 is 1.36 bits per heavy atom. The van der Waals surface area contributed by atoms with Crippen molar-refractivity contribution in [2.24, 2.45) is 12.8 Å². The summed E-state index contributed by atoms with van der Waals surface area (Å²) in [6, 6.07) is 2.62. The minimum absolute atomic E-state index is 0.163. The standard InChI is InChI=1S/C18H22FN5O/c1-3-23-6-4-11(5-7-23)14-10-21-24-16-13(17(20)25)8-12(19)9-15(16)22(2)18(14)24/h8-11H,3-7H2,1-2H3,(H2,20,25). The van der Waals surface area contributed by atoms with Crippen molar-refractivity contribution in [2.45, 2.75) is 25.7 Å². The monoisotopic (exact) mass is 343 g/mol. The van der Waals surface area contributed by atoms with Crippen molar-refractivity contribution >= 4 is 22.6 Å². The van der Waals surface area contributed by atoms with Crippen molar-refractivity contribution in [2.75, 3.05) is 19.6 Å². The van der Waals surface area contributed by atoms with Crippen LogP contribution in [0.25, 0.3) is 16.7 Å². The van der Waals surface area contributed by atoms with Gasteiger partial charge in [-0.25, -0.2) is 8.91 Å². The molecular weight excluding hydrogens is 321 g/mol. The molecule has 0 atom stereocenters. The number of amides is 1. The van der Waals surface area contributed by atoms with Crippen LogP contribution in [0.1, 0.15) is 41.6 Å². The molecule has 7 heteroatoms. The number of halogens is 1. The Labute approximate surface area is 145 Å². The third kappa shape index (κ3) is 2.41. The SMILES string of the molecule is CCN1CCC(c2cnn3c4c(C(N)=O)cc(F)cc4n(C)c23)CC1. The molecular formula is C18H22FN5O. The van der Waals surface area contributed by atoms with Gasteiger partial charge in [0.15, 0.2) is 0 Å². The van der Waals surface area contributed by atoms with E-state index in [0.717, 1.165) is 43.7 Å². The van der Waals surface area contributed by atoms with Gasteiger partial charge in [-0.15, -0.1) is 0 Å². The van der Waals surface area contributed by atoms with E-state index in [1.165, 1.54) is 12.1 Å². The number of nitrogens with zero attached hydrogens (tertiary/aromatic N) is 4. The molecule has 0 unspecified atom stereocenters. The second kappa shape index (κ2) is 5.84. The summed E-state index contributed by atoms with van der Waals surface area (Å²) < 4.78 is 17.6. The molecule has 0 aliphatic carbocycles. The van der Waals surface area contributed by atoms with Crippen molar-refractivity contribution in [3.8, 4) is 0 Å². The molecule has 4 rings (SSSR count). The Morgan fingerprint density at radius 3 is 2.72 bits per heavy atom. The van der Waals surface area contributed by atoms with Gasteiger partial charge in [0.1, 0.15) is 17.0 Å². The number of carbonyl (C=O) groups is 1. The molecule has 132 valence electrons. The van der Waals surface area contributed by atoms with Crippen LogP contribution in [0.15, 0.2) is 18.3 Å². The highest BCUT2D eigenvalue weighted by molar-refractivity contribution is 6.05. The third-order valence-corrected chi connectivity index (χ3v) is 5.46. The molecule has 1 aromatic carbocycles. The van der Waals surface area contributed by atoms with E-state index in [-0.39, 0.29) is 5.56 Å². The number of primary amides is 1. The summed E-state index contributed by atoms with van der Waals surface area (Å²) in [5.74, 6) is -0.696. The van der Waals surface area contributed by atoms with Crippen molar-refractivity contribution in [1.29, 1.82) is 0 Å². The number of rotatable bonds is 3. The molecule has 0 spiro atoms. The number of hydrogen-bond donors (Lipinski definition) is 1. The van der Waals surface area contributed by atoms with Gasteiger partial charge < -0.3 is 15.2 Å². The molecule has 6 nitrogen and oxygen atoms in total. The molecule has 3 heterocycles.